The molecule has 2 aromatic rings. The van der Waals surface area contributed by atoms with Crippen molar-refractivity contribution in [3.63, 3.8) is 0 Å². The van der Waals surface area contributed by atoms with Gasteiger partial charge in [0.25, 0.3) is 5.91 Å². The number of amides is 1. The Kier molecular flexibility index (Phi) is 5.04. The monoisotopic (exact) mass is 282 g/mol. The topological polar surface area (TPSA) is 66.4 Å². The van der Waals surface area contributed by atoms with E-state index in [9.17, 15) is 4.79 Å². The van der Waals surface area contributed by atoms with E-state index in [2.05, 4.69) is 26.9 Å². The zero-order valence-electron chi connectivity index (χ0n) is 12.1. The zero-order valence-corrected chi connectivity index (χ0v) is 12.1. The fourth-order valence-electron chi connectivity index (χ4n) is 1.86. The molecule has 0 saturated heterocycles. The molecule has 2 rings (SSSR count). The Morgan fingerprint density at radius 3 is 2.90 bits per heavy atom. The van der Waals surface area contributed by atoms with Crippen LogP contribution in [-0.2, 0) is 4.79 Å². The summed E-state index contributed by atoms with van der Waals surface area (Å²) in [7, 11) is 0. The van der Waals surface area contributed by atoms with Crippen LogP contribution in [0.3, 0.4) is 0 Å². The summed E-state index contributed by atoms with van der Waals surface area (Å²) in [6.45, 7) is 4.22. The number of hydrazone groups is 1. The molecule has 0 radical (unpaired) electrons. The Hall–Kier alpha value is -2.69. The minimum atomic E-state index is -0.199. The van der Waals surface area contributed by atoms with Crippen LogP contribution in [0.5, 0.6) is 0 Å². The van der Waals surface area contributed by atoms with Crippen molar-refractivity contribution in [2.24, 2.45) is 5.10 Å². The molecule has 0 atom stereocenters. The van der Waals surface area contributed by atoms with Crippen LogP contribution >= 0.6 is 0 Å². The number of aryl methyl sites for hydroxylation is 2. The molecule has 0 bridgehead atoms. The highest BCUT2D eigenvalue weighted by atomic mass is 16.2. The predicted molar refractivity (Wildman–Crippen MR) is 84.4 cm³/mol. The minimum Gasteiger partial charge on any atom is -0.376 e. The van der Waals surface area contributed by atoms with E-state index in [0.29, 0.717) is 0 Å². The van der Waals surface area contributed by atoms with Gasteiger partial charge in [-0.25, -0.2) is 5.43 Å². The second kappa shape index (κ2) is 7.19. The highest BCUT2D eigenvalue weighted by Crippen LogP contribution is 2.15. The van der Waals surface area contributed by atoms with Crippen LogP contribution in [0.4, 0.5) is 5.69 Å². The van der Waals surface area contributed by atoms with Gasteiger partial charge in [0.2, 0.25) is 0 Å². The van der Waals surface area contributed by atoms with Crippen LogP contribution in [0.1, 0.15) is 16.7 Å². The molecular formula is C16H18N4O. The normalized spacial score (nSPS) is 10.6. The number of hydrogen-bond acceptors (Lipinski definition) is 4. The van der Waals surface area contributed by atoms with Crippen molar-refractivity contribution in [2.75, 3.05) is 11.9 Å². The van der Waals surface area contributed by atoms with Crippen LogP contribution in [-0.4, -0.2) is 23.7 Å². The first-order valence-corrected chi connectivity index (χ1v) is 6.68. The van der Waals surface area contributed by atoms with Crippen molar-refractivity contribution in [2.45, 2.75) is 13.8 Å². The van der Waals surface area contributed by atoms with Crippen LogP contribution in [0, 0.1) is 13.8 Å². The summed E-state index contributed by atoms with van der Waals surface area (Å²) in [5, 5.41) is 6.98. The lowest BCUT2D eigenvalue weighted by Gasteiger charge is -2.09. The number of carbonyl (C=O) groups is 1. The Balaban J connectivity index is 1.81. The van der Waals surface area contributed by atoms with Gasteiger partial charge in [0, 0.05) is 23.6 Å². The third-order valence-electron chi connectivity index (χ3n) is 2.91. The second-order valence-electron chi connectivity index (χ2n) is 4.75. The van der Waals surface area contributed by atoms with Crippen molar-refractivity contribution in [1.82, 2.24) is 10.4 Å². The van der Waals surface area contributed by atoms with Crippen molar-refractivity contribution in [3.8, 4) is 0 Å². The number of aromatic nitrogens is 1. The van der Waals surface area contributed by atoms with E-state index in [-0.39, 0.29) is 12.5 Å². The third-order valence-corrected chi connectivity index (χ3v) is 2.91. The van der Waals surface area contributed by atoms with Crippen molar-refractivity contribution in [3.05, 3.63) is 59.4 Å². The van der Waals surface area contributed by atoms with Crippen LogP contribution < -0.4 is 10.7 Å². The first kappa shape index (κ1) is 14.7. The maximum Gasteiger partial charge on any atom is 0.259 e. The van der Waals surface area contributed by atoms with E-state index in [1.54, 1.807) is 18.6 Å². The van der Waals surface area contributed by atoms with Gasteiger partial charge in [-0.1, -0.05) is 23.8 Å². The van der Waals surface area contributed by atoms with E-state index >= 15 is 0 Å². The fraction of sp³-hybridized carbons (Fsp3) is 0.188. The van der Waals surface area contributed by atoms with E-state index in [1.807, 2.05) is 38.1 Å². The van der Waals surface area contributed by atoms with Gasteiger partial charge in [-0.05, 0) is 31.5 Å². The number of rotatable bonds is 5. The Morgan fingerprint density at radius 1 is 1.33 bits per heavy atom. The molecule has 1 amide bonds. The average Bonchev–Trinajstić information content (AvgIpc) is 2.47. The maximum atomic E-state index is 11.7. The van der Waals surface area contributed by atoms with Crippen molar-refractivity contribution >= 4 is 17.8 Å². The quantitative estimate of drug-likeness (QED) is 0.653. The highest BCUT2D eigenvalue weighted by Gasteiger charge is 2.02. The highest BCUT2D eigenvalue weighted by molar-refractivity contribution is 5.84. The predicted octanol–water partition coefficient (Wildman–Crippen LogP) is 2.26. The van der Waals surface area contributed by atoms with E-state index in [0.717, 1.165) is 16.8 Å². The molecule has 0 spiro atoms. The van der Waals surface area contributed by atoms with Gasteiger partial charge in [-0.15, -0.1) is 0 Å². The van der Waals surface area contributed by atoms with Gasteiger partial charge in [0.15, 0.2) is 0 Å². The SMILES string of the molecule is Cc1ccc(NCC(=O)N/N=C\c2cccnc2)c(C)c1. The fourth-order valence-corrected chi connectivity index (χ4v) is 1.86. The summed E-state index contributed by atoms with van der Waals surface area (Å²) < 4.78 is 0. The van der Waals surface area contributed by atoms with Crippen LogP contribution in [0.15, 0.2) is 47.8 Å². The molecule has 0 aliphatic heterocycles. The van der Waals surface area contributed by atoms with E-state index < -0.39 is 0 Å². The van der Waals surface area contributed by atoms with E-state index in [1.165, 1.54) is 5.56 Å². The summed E-state index contributed by atoms with van der Waals surface area (Å²) in [6, 6.07) is 9.72. The maximum absolute atomic E-state index is 11.7. The molecule has 0 saturated carbocycles. The first-order valence-electron chi connectivity index (χ1n) is 6.68. The lowest BCUT2D eigenvalue weighted by atomic mass is 10.1. The summed E-state index contributed by atoms with van der Waals surface area (Å²) in [5.74, 6) is -0.199. The number of pyridine rings is 1. The number of nitrogens with one attached hydrogen (secondary N) is 2. The molecular weight excluding hydrogens is 264 g/mol. The molecule has 0 fully saturated rings. The molecule has 1 heterocycles. The molecule has 0 aliphatic carbocycles. The molecule has 0 unspecified atom stereocenters. The molecule has 5 heteroatoms. The Labute approximate surface area is 124 Å². The summed E-state index contributed by atoms with van der Waals surface area (Å²) in [5.41, 5.74) is 6.57. The molecule has 108 valence electrons. The molecule has 21 heavy (non-hydrogen) atoms. The molecule has 0 aliphatic rings. The van der Waals surface area contributed by atoms with Gasteiger partial charge in [-0.3, -0.25) is 9.78 Å². The molecule has 5 nitrogen and oxygen atoms in total. The number of carbonyl (C=O) groups excluding carboxylic acids is 1. The molecule has 1 aromatic heterocycles. The summed E-state index contributed by atoms with van der Waals surface area (Å²) in [6.07, 6.45) is 4.91. The summed E-state index contributed by atoms with van der Waals surface area (Å²) >= 11 is 0. The minimum absolute atomic E-state index is 0.175. The van der Waals surface area contributed by atoms with Gasteiger partial charge >= 0.3 is 0 Å². The Bertz CT molecular complexity index is 638. The summed E-state index contributed by atoms with van der Waals surface area (Å²) in [4.78, 5) is 15.6. The zero-order chi connectivity index (χ0) is 15.1. The largest absolute Gasteiger partial charge is 0.376 e. The molecule has 1 aromatic carbocycles. The number of hydrogen-bond donors (Lipinski definition) is 2. The number of benzene rings is 1. The van der Waals surface area contributed by atoms with Crippen molar-refractivity contribution in [1.29, 1.82) is 0 Å². The van der Waals surface area contributed by atoms with Crippen LogP contribution in [0.2, 0.25) is 0 Å². The number of nitrogens with zero attached hydrogens (tertiary/aromatic N) is 2. The van der Waals surface area contributed by atoms with Crippen LogP contribution in [0.25, 0.3) is 0 Å². The van der Waals surface area contributed by atoms with Crippen molar-refractivity contribution < 1.29 is 4.79 Å². The smallest absolute Gasteiger partial charge is 0.259 e. The Morgan fingerprint density at radius 2 is 2.19 bits per heavy atom. The van der Waals surface area contributed by atoms with Gasteiger partial charge in [0.1, 0.15) is 0 Å². The lowest BCUT2D eigenvalue weighted by Crippen LogP contribution is -2.26. The van der Waals surface area contributed by atoms with Gasteiger partial charge in [0.05, 0.1) is 12.8 Å². The number of anilines is 1. The second-order valence-corrected chi connectivity index (χ2v) is 4.75. The van der Waals surface area contributed by atoms with Gasteiger partial charge in [-0.2, -0.15) is 5.10 Å². The molecule has 2 N–H and O–H groups in total. The van der Waals surface area contributed by atoms with Gasteiger partial charge < -0.3 is 5.32 Å². The third kappa shape index (κ3) is 4.72. The lowest BCUT2D eigenvalue weighted by molar-refractivity contribution is -0.119. The average molecular weight is 282 g/mol. The standard InChI is InChI=1S/C16H18N4O/c1-12-5-6-15(13(2)8-12)18-11-16(21)20-19-10-14-4-3-7-17-9-14/h3-10,18H,11H2,1-2H3,(H,20,21)/b19-10-. The van der Waals surface area contributed by atoms with E-state index in [4.69, 9.17) is 0 Å². The first-order chi connectivity index (χ1) is 10.1.